The van der Waals surface area contributed by atoms with Crippen LogP contribution in [0.15, 0.2) is 23.2 Å². The van der Waals surface area contributed by atoms with Crippen LogP contribution in [0.4, 0.5) is 0 Å². The lowest BCUT2D eigenvalue weighted by molar-refractivity contribution is 0.127. The van der Waals surface area contributed by atoms with Gasteiger partial charge in [-0.15, -0.1) is 0 Å². The summed E-state index contributed by atoms with van der Waals surface area (Å²) >= 11 is 0. The molecule has 1 aliphatic carbocycles. The normalized spacial score (nSPS) is 22.3. The van der Waals surface area contributed by atoms with Gasteiger partial charge in [-0.05, 0) is 51.5 Å². The number of aliphatic imine (C=N–C) groups is 1. The van der Waals surface area contributed by atoms with E-state index in [1.54, 1.807) is 7.11 Å². The fourth-order valence-corrected chi connectivity index (χ4v) is 4.24. The largest absolute Gasteiger partial charge is 0.493 e. The van der Waals surface area contributed by atoms with Gasteiger partial charge in [0.15, 0.2) is 17.5 Å². The summed E-state index contributed by atoms with van der Waals surface area (Å²) in [5.74, 6) is 2.33. The molecule has 2 fully saturated rings. The molecule has 0 radical (unpaired) electrons. The third-order valence-corrected chi connectivity index (χ3v) is 6.08. The van der Waals surface area contributed by atoms with Crippen molar-refractivity contribution in [2.45, 2.75) is 58.1 Å². The number of guanidine groups is 1. The molecule has 1 saturated carbocycles. The SMILES string of the molecule is CCNC(=NCc1cccc(OC)c1OC1CCCC1)NCC1(CCO)CCOC1. The van der Waals surface area contributed by atoms with Crippen molar-refractivity contribution >= 4 is 5.96 Å². The molecular weight excluding hydrogens is 382 g/mol. The highest BCUT2D eigenvalue weighted by Gasteiger charge is 2.34. The molecule has 0 spiro atoms. The minimum Gasteiger partial charge on any atom is -0.493 e. The van der Waals surface area contributed by atoms with E-state index in [-0.39, 0.29) is 18.1 Å². The van der Waals surface area contributed by atoms with Gasteiger partial charge in [0.1, 0.15) is 0 Å². The number of aliphatic hydroxyl groups excluding tert-OH is 1. The molecule has 3 N–H and O–H groups in total. The summed E-state index contributed by atoms with van der Waals surface area (Å²) in [4.78, 5) is 4.80. The number of hydrogen-bond donors (Lipinski definition) is 3. The number of nitrogens with zero attached hydrogens (tertiary/aromatic N) is 1. The second-order valence-electron chi connectivity index (χ2n) is 8.30. The zero-order valence-electron chi connectivity index (χ0n) is 18.4. The zero-order chi connectivity index (χ0) is 21.2. The summed E-state index contributed by atoms with van der Waals surface area (Å²) in [6.45, 7) is 5.65. The van der Waals surface area contributed by atoms with Gasteiger partial charge in [0, 0.05) is 37.3 Å². The first kappa shape index (κ1) is 22.7. The van der Waals surface area contributed by atoms with Crippen LogP contribution in [0.2, 0.25) is 0 Å². The van der Waals surface area contributed by atoms with Crippen molar-refractivity contribution < 1.29 is 19.3 Å². The van der Waals surface area contributed by atoms with Gasteiger partial charge in [-0.1, -0.05) is 12.1 Å². The molecule has 0 aromatic heterocycles. The molecule has 1 aliphatic heterocycles. The number of hydrogen-bond acceptors (Lipinski definition) is 5. The van der Waals surface area contributed by atoms with E-state index >= 15 is 0 Å². The summed E-state index contributed by atoms with van der Waals surface area (Å²) in [6, 6.07) is 5.98. The first-order chi connectivity index (χ1) is 14.7. The van der Waals surface area contributed by atoms with Crippen LogP contribution in [0, 0.1) is 5.41 Å². The number of para-hydroxylation sites is 1. The second kappa shape index (κ2) is 11.4. The van der Waals surface area contributed by atoms with Gasteiger partial charge in [0.2, 0.25) is 0 Å². The average Bonchev–Trinajstić information content (AvgIpc) is 3.44. The van der Waals surface area contributed by atoms with Crippen molar-refractivity contribution in [3.63, 3.8) is 0 Å². The van der Waals surface area contributed by atoms with E-state index in [0.29, 0.717) is 13.2 Å². The molecule has 1 unspecified atom stereocenters. The maximum absolute atomic E-state index is 9.45. The Hall–Kier alpha value is -1.99. The van der Waals surface area contributed by atoms with Crippen LogP contribution in [0.25, 0.3) is 0 Å². The van der Waals surface area contributed by atoms with Crippen molar-refractivity contribution in [3.05, 3.63) is 23.8 Å². The van der Waals surface area contributed by atoms with Gasteiger partial charge in [0.25, 0.3) is 0 Å². The van der Waals surface area contributed by atoms with Crippen molar-refractivity contribution in [3.8, 4) is 11.5 Å². The van der Waals surface area contributed by atoms with Crippen molar-refractivity contribution in [1.82, 2.24) is 10.6 Å². The minimum atomic E-state index is -0.0301. The monoisotopic (exact) mass is 419 g/mol. The number of methoxy groups -OCH3 is 1. The smallest absolute Gasteiger partial charge is 0.191 e. The predicted octanol–water partition coefficient (Wildman–Crippen LogP) is 2.86. The molecule has 1 atom stereocenters. The Morgan fingerprint density at radius 2 is 2.13 bits per heavy atom. The Morgan fingerprint density at radius 1 is 1.30 bits per heavy atom. The summed E-state index contributed by atoms with van der Waals surface area (Å²) in [5.41, 5.74) is 0.991. The molecule has 30 heavy (non-hydrogen) atoms. The van der Waals surface area contributed by atoms with E-state index in [9.17, 15) is 5.11 Å². The lowest BCUT2D eigenvalue weighted by Crippen LogP contribution is -2.44. The fraction of sp³-hybridized carbons (Fsp3) is 0.696. The Labute approximate surface area is 180 Å². The van der Waals surface area contributed by atoms with Crippen LogP contribution in [0.1, 0.15) is 51.0 Å². The Kier molecular flexibility index (Phi) is 8.63. The number of rotatable bonds is 10. The Morgan fingerprint density at radius 3 is 2.80 bits per heavy atom. The van der Waals surface area contributed by atoms with Crippen LogP contribution in [0.5, 0.6) is 11.5 Å². The molecule has 7 heteroatoms. The van der Waals surface area contributed by atoms with Crippen LogP contribution in [-0.4, -0.2) is 57.2 Å². The van der Waals surface area contributed by atoms with E-state index < -0.39 is 0 Å². The van der Waals surface area contributed by atoms with Crippen LogP contribution in [0.3, 0.4) is 0 Å². The molecule has 1 aromatic rings. The first-order valence-corrected chi connectivity index (χ1v) is 11.2. The highest BCUT2D eigenvalue weighted by Crippen LogP contribution is 2.35. The van der Waals surface area contributed by atoms with E-state index in [1.807, 2.05) is 12.1 Å². The molecule has 1 aromatic carbocycles. The van der Waals surface area contributed by atoms with E-state index in [4.69, 9.17) is 19.2 Å². The van der Waals surface area contributed by atoms with E-state index in [1.165, 1.54) is 12.8 Å². The predicted molar refractivity (Wildman–Crippen MR) is 118 cm³/mol. The molecule has 3 rings (SSSR count). The number of benzene rings is 1. The van der Waals surface area contributed by atoms with Crippen molar-refractivity contribution in [2.75, 3.05) is 40.0 Å². The quantitative estimate of drug-likeness (QED) is 0.400. The van der Waals surface area contributed by atoms with Crippen molar-refractivity contribution in [1.29, 1.82) is 0 Å². The molecule has 2 aliphatic rings. The van der Waals surface area contributed by atoms with E-state index in [2.05, 4.69) is 23.6 Å². The lowest BCUT2D eigenvalue weighted by Gasteiger charge is -2.27. The van der Waals surface area contributed by atoms with Crippen molar-refractivity contribution in [2.24, 2.45) is 10.4 Å². The van der Waals surface area contributed by atoms with Gasteiger partial charge >= 0.3 is 0 Å². The molecule has 0 bridgehead atoms. The van der Waals surface area contributed by atoms with E-state index in [0.717, 1.165) is 68.4 Å². The summed E-state index contributed by atoms with van der Waals surface area (Å²) in [7, 11) is 1.68. The second-order valence-corrected chi connectivity index (χ2v) is 8.30. The van der Waals surface area contributed by atoms with Crippen LogP contribution >= 0.6 is 0 Å². The number of aliphatic hydroxyl groups is 1. The van der Waals surface area contributed by atoms with Crippen LogP contribution < -0.4 is 20.1 Å². The first-order valence-electron chi connectivity index (χ1n) is 11.2. The van der Waals surface area contributed by atoms with Gasteiger partial charge in [-0.25, -0.2) is 4.99 Å². The third kappa shape index (κ3) is 6.01. The van der Waals surface area contributed by atoms with Gasteiger partial charge in [0.05, 0.1) is 26.4 Å². The maximum Gasteiger partial charge on any atom is 0.191 e. The Balaban J connectivity index is 1.70. The van der Waals surface area contributed by atoms with Crippen LogP contribution in [-0.2, 0) is 11.3 Å². The topological polar surface area (TPSA) is 84.3 Å². The Bertz CT molecular complexity index is 683. The highest BCUT2D eigenvalue weighted by atomic mass is 16.5. The number of nitrogens with one attached hydrogen (secondary N) is 2. The molecular formula is C23H37N3O4. The molecule has 168 valence electrons. The summed E-state index contributed by atoms with van der Waals surface area (Å²) < 4.78 is 17.5. The molecule has 1 heterocycles. The maximum atomic E-state index is 9.45. The molecule has 1 saturated heterocycles. The minimum absolute atomic E-state index is 0.0301. The molecule has 7 nitrogen and oxygen atoms in total. The van der Waals surface area contributed by atoms with Gasteiger partial charge < -0.3 is 30.0 Å². The number of ether oxygens (including phenoxy) is 3. The zero-order valence-corrected chi connectivity index (χ0v) is 18.4. The summed E-state index contributed by atoms with van der Waals surface area (Å²) in [6.07, 6.45) is 6.59. The highest BCUT2D eigenvalue weighted by molar-refractivity contribution is 5.79. The molecule has 0 amide bonds. The van der Waals surface area contributed by atoms with Gasteiger partial charge in [-0.3, -0.25) is 0 Å². The average molecular weight is 420 g/mol. The lowest BCUT2D eigenvalue weighted by atomic mass is 9.84. The standard InChI is InChI=1S/C23H37N3O4/c1-3-24-22(26-16-23(11-13-27)12-14-29-17-23)25-15-18-7-6-10-20(28-2)21(18)30-19-8-4-5-9-19/h6-7,10,19,27H,3-5,8-9,11-17H2,1-2H3,(H2,24,25,26). The summed E-state index contributed by atoms with van der Waals surface area (Å²) in [5, 5.41) is 16.2. The van der Waals surface area contributed by atoms with Gasteiger partial charge in [-0.2, -0.15) is 0 Å². The fourth-order valence-electron chi connectivity index (χ4n) is 4.24. The third-order valence-electron chi connectivity index (χ3n) is 6.08.